The summed E-state index contributed by atoms with van der Waals surface area (Å²) in [6, 6.07) is 9.82. The lowest BCUT2D eigenvalue weighted by atomic mass is 10.2. The van der Waals surface area contributed by atoms with Gasteiger partial charge in [0.2, 0.25) is 0 Å². The van der Waals surface area contributed by atoms with Crippen molar-refractivity contribution in [3.8, 4) is 0 Å². The normalized spacial score (nSPS) is 10.5. The molecule has 0 N–H and O–H groups in total. The van der Waals surface area contributed by atoms with E-state index in [-0.39, 0.29) is 0 Å². The summed E-state index contributed by atoms with van der Waals surface area (Å²) in [5.41, 5.74) is 3.11. The third-order valence-electron chi connectivity index (χ3n) is 2.28. The zero-order valence-electron chi connectivity index (χ0n) is 9.77. The molecule has 2 nitrogen and oxygen atoms in total. The average Bonchev–Trinajstić information content (AvgIpc) is 2.27. The Morgan fingerprint density at radius 2 is 1.76 bits per heavy atom. The molecule has 0 spiro atoms. The summed E-state index contributed by atoms with van der Waals surface area (Å²) in [4.78, 5) is 8.78. The van der Waals surface area contributed by atoms with Gasteiger partial charge in [0.15, 0.2) is 5.16 Å². The van der Waals surface area contributed by atoms with Crippen molar-refractivity contribution >= 4 is 23.4 Å². The molecular weight excluding hydrogens is 252 g/mol. The predicted octanol–water partition coefficient (Wildman–Crippen LogP) is 4.04. The van der Waals surface area contributed by atoms with Crippen LogP contribution >= 0.6 is 23.4 Å². The zero-order valence-corrected chi connectivity index (χ0v) is 11.3. The molecule has 88 valence electrons. The smallest absolute Gasteiger partial charge is 0.188 e. The van der Waals surface area contributed by atoms with Crippen molar-refractivity contribution in [1.29, 1.82) is 0 Å². The molecule has 17 heavy (non-hydrogen) atoms. The number of halogens is 1. The van der Waals surface area contributed by atoms with Crippen molar-refractivity contribution in [1.82, 2.24) is 9.97 Å². The van der Waals surface area contributed by atoms with E-state index in [0.29, 0.717) is 0 Å². The fraction of sp³-hybridized carbons (Fsp3) is 0.231. The van der Waals surface area contributed by atoms with E-state index in [4.69, 9.17) is 11.6 Å². The molecule has 0 amide bonds. The second-order valence-corrected chi connectivity index (χ2v) is 5.16. The van der Waals surface area contributed by atoms with Crippen molar-refractivity contribution in [3.63, 3.8) is 0 Å². The lowest BCUT2D eigenvalue weighted by molar-refractivity contribution is 0.902. The highest BCUT2D eigenvalue weighted by molar-refractivity contribution is 7.98. The first-order valence-corrected chi connectivity index (χ1v) is 6.70. The van der Waals surface area contributed by atoms with E-state index in [1.807, 2.05) is 44.2 Å². The molecule has 0 aliphatic rings. The number of aryl methyl sites for hydroxylation is 2. The van der Waals surface area contributed by atoms with E-state index < -0.39 is 0 Å². The molecule has 0 aliphatic carbocycles. The number of aromatic nitrogens is 2. The van der Waals surface area contributed by atoms with Gasteiger partial charge in [-0.25, -0.2) is 9.97 Å². The summed E-state index contributed by atoms with van der Waals surface area (Å²) in [6.45, 7) is 3.96. The maximum Gasteiger partial charge on any atom is 0.188 e. The molecule has 0 unspecified atom stereocenters. The molecule has 0 radical (unpaired) electrons. The van der Waals surface area contributed by atoms with Crippen molar-refractivity contribution in [2.45, 2.75) is 24.8 Å². The lowest BCUT2D eigenvalue weighted by Gasteiger charge is -2.04. The SMILES string of the molecule is Cc1cc(C)nc(SCc2ccccc2Cl)n1. The van der Waals surface area contributed by atoms with Crippen LogP contribution in [-0.4, -0.2) is 9.97 Å². The van der Waals surface area contributed by atoms with Crippen molar-refractivity contribution in [2.75, 3.05) is 0 Å². The van der Waals surface area contributed by atoms with E-state index in [9.17, 15) is 0 Å². The van der Waals surface area contributed by atoms with Gasteiger partial charge in [0.05, 0.1) is 0 Å². The van der Waals surface area contributed by atoms with Crippen LogP contribution in [0.25, 0.3) is 0 Å². The third-order valence-corrected chi connectivity index (χ3v) is 3.54. The van der Waals surface area contributed by atoms with Gasteiger partial charge in [-0.2, -0.15) is 0 Å². The summed E-state index contributed by atoms with van der Waals surface area (Å²) in [7, 11) is 0. The van der Waals surface area contributed by atoms with Gasteiger partial charge < -0.3 is 0 Å². The van der Waals surface area contributed by atoms with Crippen LogP contribution in [-0.2, 0) is 5.75 Å². The van der Waals surface area contributed by atoms with Crippen LogP contribution in [0.4, 0.5) is 0 Å². The van der Waals surface area contributed by atoms with Crippen LogP contribution < -0.4 is 0 Å². The van der Waals surface area contributed by atoms with Gasteiger partial charge >= 0.3 is 0 Å². The molecule has 1 aromatic heterocycles. The first kappa shape index (κ1) is 12.4. The Bertz CT molecular complexity index is 508. The van der Waals surface area contributed by atoms with Gasteiger partial charge in [-0.1, -0.05) is 41.6 Å². The molecule has 2 aromatic rings. The Kier molecular flexibility index (Phi) is 4.02. The zero-order chi connectivity index (χ0) is 12.3. The fourth-order valence-corrected chi connectivity index (χ4v) is 2.75. The summed E-state index contributed by atoms with van der Waals surface area (Å²) >= 11 is 7.71. The van der Waals surface area contributed by atoms with Crippen LogP contribution in [0.5, 0.6) is 0 Å². The highest BCUT2D eigenvalue weighted by Crippen LogP contribution is 2.24. The second kappa shape index (κ2) is 5.52. The fourth-order valence-electron chi connectivity index (χ4n) is 1.52. The Hall–Kier alpha value is -1.06. The van der Waals surface area contributed by atoms with Crippen LogP contribution in [0.2, 0.25) is 5.02 Å². The van der Waals surface area contributed by atoms with E-state index in [2.05, 4.69) is 9.97 Å². The van der Waals surface area contributed by atoms with E-state index in [1.165, 1.54) is 0 Å². The van der Waals surface area contributed by atoms with Gasteiger partial charge in [-0.15, -0.1) is 0 Å². The van der Waals surface area contributed by atoms with Gasteiger partial charge in [0.25, 0.3) is 0 Å². The number of hydrogen-bond donors (Lipinski definition) is 0. The van der Waals surface area contributed by atoms with E-state index in [1.54, 1.807) is 11.8 Å². The molecule has 0 saturated carbocycles. The minimum Gasteiger partial charge on any atom is -0.228 e. The van der Waals surface area contributed by atoms with E-state index >= 15 is 0 Å². The van der Waals surface area contributed by atoms with Gasteiger partial charge in [0, 0.05) is 22.2 Å². The standard InChI is InChI=1S/C13H13ClN2S/c1-9-7-10(2)16-13(15-9)17-8-11-5-3-4-6-12(11)14/h3-7H,8H2,1-2H3. The van der Waals surface area contributed by atoms with Crippen molar-refractivity contribution in [3.05, 3.63) is 52.3 Å². The van der Waals surface area contributed by atoms with Gasteiger partial charge in [-0.3, -0.25) is 0 Å². The summed E-state index contributed by atoms with van der Waals surface area (Å²) in [5, 5.41) is 1.60. The van der Waals surface area contributed by atoms with Crippen LogP contribution in [0.3, 0.4) is 0 Å². The Morgan fingerprint density at radius 3 is 2.41 bits per heavy atom. The molecule has 4 heteroatoms. The first-order valence-electron chi connectivity index (χ1n) is 5.33. The monoisotopic (exact) mass is 264 g/mol. The largest absolute Gasteiger partial charge is 0.228 e. The first-order chi connectivity index (χ1) is 8.15. The Balaban J connectivity index is 2.10. The maximum atomic E-state index is 6.10. The third kappa shape index (κ3) is 3.45. The Morgan fingerprint density at radius 1 is 1.12 bits per heavy atom. The quantitative estimate of drug-likeness (QED) is 0.618. The molecule has 0 saturated heterocycles. The molecule has 0 aliphatic heterocycles. The van der Waals surface area contributed by atoms with Crippen LogP contribution in [0, 0.1) is 13.8 Å². The molecular formula is C13H13ClN2S. The van der Waals surface area contributed by atoms with Crippen LogP contribution in [0.1, 0.15) is 17.0 Å². The highest BCUT2D eigenvalue weighted by atomic mass is 35.5. The number of rotatable bonds is 3. The molecule has 1 aromatic carbocycles. The van der Waals surface area contributed by atoms with Crippen molar-refractivity contribution < 1.29 is 0 Å². The van der Waals surface area contributed by atoms with E-state index in [0.717, 1.165) is 32.9 Å². The summed E-state index contributed by atoms with van der Waals surface area (Å²) < 4.78 is 0. The summed E-state index contributed by atoms with van der Waals surface area (Å²) in [6.07, 6.45) is 0. The molecule has 0 fully saturated rings. The molecule has 0 atom stereocenters. The average molecular weight is 265 g/mol. The topological polar surface area (TPSA) is 25.8 Å². The number of benzene rings is 1. The second-order valence-electron chi connectivity index (χ2n) is 3.81. The molecule has 0 bridgehead atoms. The molecule has 2 rings (SSSR count). The lowest BCUT2D eigenvalue weighted by Crippen LogP contribution is -1.93. The minimum atomic E-state index is 0.794. The van der Waals surface area contributed by atoms with Gasteiger partial charge in [-0.05, 0) is 31.5 Å². The predicted molar refractivity (Wildman–Crippen MR) is 72.5 cm³/mol. The molecule has 1 heterocycles. The highest BCUT2D eigenvalue weighted by Gasteiger charge is 2.03. The summed E-state index contributed by atoms with van der Waals surface area (Å²) in [5.74, 6) is 0.794. The maximum absolute atomic E-state index is 6.10. The number of nitrogens with zero attached hydrogens (tertiary/aromatic N) is 2. The minimum absolute atomic E-state index is 0.794. The number of hydrogen-bond acceptors (Lipinski definition) is 3. The van der Waals surface area contributed by atoms with Crippen molar-refractivity contribution in [2.24, 2.45) is 0 Å². The van der Waals surface area contributed by atoms with Crippen LogP contribution in [0.15, 0.2) is 35.5 Å². The number of thioether (sulfide) groups is 1. The van der Waals surface area contributed by atoms with Gasteiger partial charge in [0.1, 0.15) is 0 Å². The Labute approximate surface area is 110 Å².